The minimum absolute atomic E-state index is 0.0468. The van der Waals surface area contributed by atoms with Crippen molar-refractivity contribution in [3.63, 3.8) is 0 Å². The summed E-state index contributed by atoms with van der Waals surface area (Å²) in [5.74, 6) is -1.24. The second kappa shape index (κ2) is 11.9. The number of hydrogen-bond donors (Lipinski definition) is 1. The number of fused-ring (bicyclic) bond motifs is 2. The summed E-state index contributed by atoms with van der Waals surface area (Å²) in [4.78, 5) is 21.5. The first-order chi connectivity index (χ1) is 22.3. The van der Waals surface area contributed by atoms with E-state index < -0.39 is 27.4 Å². The lowest BCUT2D eigenvalue weighted by molar-refractivity contribution is -0.198. The van der Waals surface area contributed by atoms with Crippen molar-refractivity contribution in [3.05, 3.63) is 166 Å². The molecule has 7 nitrogen and oxygen atoms in total. The highest BCUT2D eigenvalue weighted by molar-refractivity contribution is 7.90. The molecule has 0 bridgehead atoms. The molecule has 1 spiro atoms. The van der Waals surface area contributed by atoms with Crippen molar-refractivity contribution in [3.8, 4) is 0 Å². The number of aryl methyl sites for hydroxylation is 1. The SMILES string of the molecule is Cc1ccc(S(=O)(=O)/N=C2\Nc3ccccc3C23C(c2ccccc2Cl)C(=O)N(OCc2ccccc2)C3c2ccccc2)cc1. The third-order valence-corrected chi connectivity index (χ3v) is 10.3. The molecular formula is C37H30ClN3O4S. The summed E-state index contributed by atoms with van der Waals surface area (Å²) in [7, 11) is -4.23. The number of hydroxylamine groups is 2. The van der Waals surface area contributed by atoms with E-state index in [1.54, 1.807) is 36.4 Å². The minimum Gasteiger partial charge on any atom is -0.342 e. The van der Waals surface area contributed by atoms with Crippen LogP contribution in [0.25, 0.3) is 0 Å². The molecule has 0 aliphatic carbocycles. The first-order valence-corrected chi connectivity index (χ1v) is 16.7. The predicted molar refractivity (Wildman–Crippen MR) is 179 cm³/mol. The number of halogens is 1. The van der Waals surface area contributed by atoms with Crippen LogP contribution in [0.5, 0.6) is 0 Å². The van der Waals surface area contributed by atoms with Crippen LogP contribution in [0.2, 0.25) is 5.02 Å². The van der Waals surface area contributed by atoms with Gasteiger partial charge in [0.2, 0.25) is 0 Å². The number of anilines is 1. The van der Waals surface area contributed by atoms with Crippen LogP contribution >= 0.6 is 11.6 Å². The molecule has 46 heavy (non-hydrogen) atoms. The van der Waals surface area contributed by atoms with Gasteiger partial charge in [-0.15, -0.1) is 4.40 Å². The molecule has 0 radical (unpaired) electrons. The van der Waals surface area contributed by atoms with Crippen LogP contribution in [0, 0.1) is 6.92 Å². The van der Waals surface area contributed by atoms with E-state index in [1.807, 2.05) is 104 Å². The minimum atomic E-state index is -4.23. The van der Waals surface area contributed by atoms with Crippen molar-refractivity contribution >= 4 is 39.1 Å². The van der Waals surface area contributed by atoms with Gasteiger partial charge in [-0.3, -0.25) is 9.63 Å². The summed E-state index contributed by atoms with van der Waals surface area (Å²) in [5.41, 5.74) is 3.07. The Morgan fingerprint density at radius 1 is 0.826 bits per heavy atom. The number of sulfonamides is 1. The van der Waals surface area contributed by atoms with Crippen LogP contribution in [0.3, 0.4) is 0 Å². The molecule has 2 aliphatic rings. The molecule has 1 N–H and O–H groups in total. The molecule has 3 unspecified atom stereocenters. The molecule has 5 aromatic rings. The summed E-state index contributed by atoms with van der Waals surface area (Å²) in [6, 6.07) is 39.5. The second-order valence-corrected chi connectivity index (χ2v) is 13.5. The Kier molecular flexibility index (Phi) is 7.72. The summed E-state index contributed by atoms with van der Waals surface area (Å²) in [6.07, 6.45) is 0. The van der Waals surface area contributed by atoms with Crippen molar-refractivity contribution in [2.45, 2.75) is 35.8 Å². The smallest absolute Gasteiger partial charge is 0.283 e. The van der Waals surface area contributed by atoms with E-state index in [9.17, 15) is 13.2 Å². The number of carbonyl (C=O) groups excluding carboxylic acids is 1. The lowest BCUT2D eigenvalue weighted by atomic mass is 9.64. The first-order valence-electron chi connectivity index (χ1n) is 14.9. The monoisotopic (exact) mass is 647 g/mol. The van der Waals surface area contributed by atoms with E-state index in [4.69, 9.17) is 16.4 Å². The van der Waals surface area contributed by atoms with E-state index in [0.717, 1.165) is 16.7 Å². The van der Waals surface area contributed by atoms with Gasteiger partial charge in [-0.1, -0.05) is 126 Å². The maximum Gasteiger partial charge on any atom is 0.283 e. The van der Waals surface area contributed by atoms with Gasteiger partial charge in [0.15, 0.2) is 0 Å². The highest BCUT2D eigenvalue weighted by atomic mass is 35.5. The summed E-state index contributed by atoms with van der Waals surface area (Å²) < 4.78 is 32.6. The van der Waals surface area contributed by atoms with Crippen LogP contribution in [0.15, 0.2) is 143 Å². The van der Waals surface area contributed by atoms with Crippen molar-refractivity contribution in [1.29, 1.82) is 0 Å². The Labute approximate surface area is 273 Å². The zero-order chi connectivity index (χ0) is 31.9. The third-order valence-electron chi connectivity index (χ3n) is 8.68. The summed E-state index contributed by atoms with van der Waals surface area (Å²) in [5, 5.41) is 5.11. The average Bonchev–Trinajstić information content (AvgIpc) is 3.51. The first kappa shape index (κ1) is 29.9. The maximum atomic E-state index is 15.0. The van der Waals surface area contributed by atoms with Crippen LogP contribution in [0.1, 0.15) is 39.8 Å². The highest BCUT2D eigenvalue weighted by Crippen LogP contribution is 2.62. The molecule has 0 saturated carbocycles. The molecular weight excluding hydrogens is 618 g/mol. The standard InChI is InChI=1S/C37H30ClN3O4S/c1-25-20-22-28(23-21-25)46(43,44)40-36-37(30-17-9-11-19-32(30)39-36)33(29-16-8-10-18-31(29)38)35(42)41(34(37)27-14-6-3-7-15-27)45-24-26-12-4-2-5-13-26/h2-23,33-34H,24H2,1H3,(H,39,40). The molecule has 1 saturated heterocycles. The van der Waals surface area contributed by atoms with Gasteiger partial charge < -0.3 is 5.32 Å². The van der Waals surface area contributed by atoms with E-state index in [1.165, 1.54) is 5.06 Å². The van der Waals surface area contributed by atoms with Gasteiger partial charge in [-0.25, -0.2) is 5.06 Å². The lowest BCUT2D eigenvalue weighted by Crippen LogP contribution is -2.44. The Morgan fingerprint density at radius 2 is 1.46 bits per heavy atom. The van der Waals surface area contributed by atoms with Crippen molar-refractivity contribution in [2.24, 2.45) is 4.40 Å². The number of carbonyl (C=O) groups is 1. The topological polar surface area (TPSA) is 88.1 Å². The third kappa shape index (κ3) is 4.99. The molecule has 2 heterocycles. The number of nitrogens with one attached hydrogen (secondary N) is 1. The molecule has 230 valence electrons. The molecule has 2 aliphatic heterocycles. The summed E-state index contributed by atoms with van der Waals surface area (Å²) >= 11 is 6.87. The van der Waals surface area contributed by atoms with Gasteiger partial charge in [-0.05, 0) is 53.4 Å². The number of benzene rings is 5. The molecule has 3 atom stereocenters. The number of nitrogens with zero attached hydrogens (tertiary/aromatic N) is 2. The van der Waals surface area contributed by atoms with Crippen LogP contribution in [0.4, 0.5) is 5.69 Å². The van der Waals surface area contributed by atoms with Crippen molar-refractivity contribution in [1.82, 2.24) is 5.06 Å². The number of rotatable bonds is 7. The molecule has 5 aromatic carbocycles. The van der Waals surface area contributed by atoms with Gasteiger partial charge in [0, 0.05) is 10.7 Å². The fourth-order valence-electron chi connectivity index (χ4n) is 6.63. The van der Waals surface area contributed by atoms with E-state index >= 15 is 0 Å². The highest BCUT2D eigenvalue weighted by Gasteiger charge is 2.68. The van der Waals surface area contributed by atoms with E-state index in [0.29, 0.717) is 21.8 Å². The average molecular weight is 648 g/mol. The van der Waals surface area contributed by atoms with E-state index in [2.05, 4.69) is 9.71 Å². The molecule has 0 aromatic heterocycles. The van der Waals surface area contributed by atoms with Crippen LogP contribution < -0.4 is 5.32 Å². The predicted octanol–water partition coefficient (Wildman–Crippen LogP) is 7.60. The van der Waals surface area contributed by atoms with Crippen molar-refractivity contribution < 1.29 is 18.0 Å². The Bertz CT molecular complexity index is 2050. The van der Waals surface area contributed by atoms with Gasteiger partial charge in [0.1, 0.15) is 18.5 Å². The zero-order valence-corrected chi connectivity index (χ0v) is 26.4. The van der Waals surface area contributed by atoms with E-state index in [-0.39, 0.29) is 23.2 Å². The zero-order valence-electron chi connectivity index (χ0n) is 24.9. The number of para-hydroxylation sites is 1. The fraction of sp³-hybridized carbons (Fsp3) is 0.135. The number of amidine groups is 1. The number of hydrogen-bond acceptors (Lipinski definition) is 4. The summed E-state index contributed by atoms with van der Waals surface area (Å²) in [6.45, 7) is 2.00. The lowest BCUT2D eigenvalue weighted by Gasteiger charge is -2.37. The number of amides is 1. The van der Waals surface area contributed by atoms with Crippen LogP contribution in [-0.4, -0.2) is 25.2 Å². The molecule has 1 amide bonds. The maximum absolute atomic E-state index is 15.0. The van der Waals surface area contributed by atoms with Crippen LogP contribution in [-0.2, 0) is 31.7 Å². The van der Waals surface area contributed by atoms with Crippen molar-refractivity contribution in [2.75, 3.05) is 5.32 Å². The molecule has 1 fully saturated rings. The Balaban J connectivity index is 1.52. The van der Waals surface area contributed by atoms with Gasteiger partial charge in [-0.2, -0.15) is 8.42 Å². The Hall–Kier alpha value is -4.76. The van der Waals surface area contributed by atoms with Gasteiger partial charge in [0.25, 0.3) is 15.9 Å². The second-order valence-electron chi connectivity index (χ2n) is 11.5. The quantitative estimate of drug-likeness (QED) is 0.197. The fourth-order valence-corrected chi connectivity index (χ4v) is 7.90. The molecule has 7 rings (SSSR count). The normalized spacial score (nSPS) is 21.5. The Morgan fingerprint density at radius 3 is 2.17 bits per heavy atom. The largest absolute Gasteiger partial charge is 0.342 e. The van der Waals surface area contributed by atoms with Gasteiger partial charge in [0.05, 0.1) is 16.2 Å². The van der Waals surface area contributed by atoms with Gasteiger partial charge >= 0.3 is 0 Å². The molecule has 9 heteroatoms.